The molecular weight excluding hydrogens is 200 g/mol. The number of rotatable bonds is 3. The number of nitrogens with one attached hydrogen (secondary N) is 2. The summed E-state index contributed by atoms with van der Waals surface area (Å²) in [5, 5.41) is 6.41. The van der Waals surface area contributed by atoms with E-state index in [2.05, 4.69) is 22.8 Å². The Hall–Kier alpha value is -0.830. The van der Waals surface area contributed by atoms with Gasteiger partial charge < -0.3 is 10.6 Å². The monoisotopic (exact) mass is 222 g/mol. The molecule has 3 heteroatoms. The molecule has 2 rings (SSSR count). The minimum absolute atomic E-state index is 0.181. The van der Waals surface area contributed by atoms with E-state index in [1.165, 1.54) is 25.7 Å². The first-order valence-corrected chi connectivity index (χ1v) is 6.45. The van der Waals surface area contributed by atoms with Crippen LogP contribution in [0.3, 0.4) is 0 Å². The lowest BCUT2D eigenvalue weighted by Gasteiger charge is -2.26. The molecule has 0 aliphatic heterocycles. The van der Waals surface area contributed by atoms with Gasteiger partial charge in [-0.1, -0.05) is 18.6 Å². The molecule has 0 heterocycles. The van der Waals surface area contributed by atoms with Crippen LogP contribution in [0.2, 0.25) is 0 Å². The van der Waals surface area contributed by atoms with Gasteiger partial charge in [0.15, 0.2) is 0 Å². The van der Waals surface area contributed by atoms with Crippen molar-refractivity contribution in [2.75, 3.05) is 7.05 Å². The molecule has 90 valence electrons. The Labute approximate surface area is 97.7 Å². The average Bonchev–Trinajstić information content (AvgIpc) is 2.77. The van der Waals surface area contributed by atoms with Gasteiger partial charge in [0.2, 0.25) is 5.91 Å². The van der Waals surface area contributed by atoms with Crippen molar-refractivity contribution in [2.45, 2.75) is 50.6 Å². The zero-order chi connectivity index (χ0) is 11.4. The minimum Gasteiger partial charge on any atom is -0.359 e. The highest BCUT2D eigenvalue weighted by Gasteiger charge is 2.33. The fourth-order valence-corrected chi connectivity index (χ4v) is 2.88. The van der Waals surface area contributed by atoms with Gasteiger partial charge in [-0.3, -0.25) is 4.79 Å². The van der Waals surface area contributed by atoms with Crippen LogP contribution in [-0.4, -0.2) is 25.0 Å². The molecule has 0 aromatic carbocycles. The van der Waals surface area contributed by atoms with Gasteiger partial charge in [-0.05, 0) is 32.1 Å². The molecule has 3 nitrogen and oxygen atoms in total. The van der Waals surface area contributed by atoms with E-state index in [0.29, 0.717) is 12.1 Å². The highest BCUT2D eigenvalue weighted by atomic mass is 16.1. The molecule has 1 fully saturated rings. The third kappa shape index (κ3) is 2.64. The third-order valence-corrected chi connectivity index (χ3v) is 3.78. The fourth-order valence-electron chi connectivity index (χ4n) is 2.88. The number of carbonyl (C=O) groups excluding carboxylic acids is 1. The van der Waals surface area contributed by atoms with Crippen LogP contribution in [-0.2, 0) is 4.79 Å². The van der Waals surface area contributed by atoms with Crippen LogP contribution in [0.15, 0.2) is 12.2 Å². The maximum Gasteiger partial charge on any atom is 0.224 e. The van der Waals surface area contributed by atoms with E-state index >= 15 is 0 Å². The van der Waals surface area contributed by atoms with Crippen molar-refractivity contribution in [2.24, 2.45) is 5.92 Å². The van der Waals surface area contributed by atoms with Crippen LogP contribution >= 0.6 is 0 Å². The number of carbonyl (C=O) groups is 1. The summed E-state index contributed by atoms with van der Waals surface area (Å²) in [5.41, 5.74) is 0. The van der Waals surface area contributed by atoms with Crippen molar-refractivity contribution in [3.63, 3.8) is 0 Å². The molecule has 0 aromatic rings. The number of hydrogen-bond donors (Lipinski definition) is 2. The van der Waals surface area contributed by atoms with Gasteiger partial charge in [-0.25, -0.2) is 0 Å². The zero-order valence-corrected chi connectivity index (χ0v) is 10.0. The first kappa shape index (κ1) is 11.6. The van der Waals surface area contributed by atoms with Crippen molar-refractivity contribution < 1.29 is 4.79 Å². The Morgan fingerprint density at radius 2 is 2.12 bits per heavy atom. The van der Waals surface area contributed by atoms with Crippen molar-refractivity contribution in [3.05, 3.63) is 12.2 Å². The Bertz CT molecular complexity index is 275. The van der Waals surface area contributed by atoms with E-state index in [4.69, 9.17) is 0 Å². The van der Waals surface area contributed by atoms with Crippen LogP contribution in [0, 0.1) is 5.92 Å². The van der Waals surface area contributed by atoms with E-state index in [0.717, 1.165) is 12.8 Å². The fraction of sp³-hybridized carbons (Fsp3) is 0.769. The van der Waals surface area contributed by atoms with Crippen molar-refractivity contribution in [3.8, 4) is 0 Å². The van der Waals surface area contributed by atoms with E-state index in [9.17, 15) is 4.79 Å². The summed E-state index contributed by atoms with van der Waals surface area (Å²) in [6, 6.07) is 0.872. The molecule has 0 unspecified atom stereocenters. The van der Waals surface area contributed by atoms with Crippen LogP contribution in [0.1, 0.15) is 38.5 Å². The predicted molar refractivity (Wildman–Crippen MR) is 65.1 cm³/mol. The molecule has 16 heavy (non-hydrogen) atoms. The molecule has 3 atom stereocenters. The summed E-state index contributed by atoms with van der Waals surface area (Å²) >= 11 is 0. The first-order valence-electron chi connectivity index (χ1n) is 6.45. The van der Waals surface area contributed by atoms with Crippen molar-refractivity contribution in [1.82, 2.24) is 10.6 Å². The molecule has 0 saturated heterocycles. The van der Waals surface area contributed by atoms with E-state index in [-0.39, 0.29) is 11.8 Å². The summed E-state index contributed by atoms with van der Waals surface area (Å²) in [6.45, 7) is 0. The quantitative estimate of drug-likeness (QED) is 0.712. The molecule has 1 saturated carbocycles. The first-order chi connectivity index (χ1) is 7.81. The summed E-state index contributed by atoms with van der Waals surface area (Å²) in [4.78, 5) is 11.7. The second kappa shape index (κ2) is 5.48. The summed E-state index contributed by atoms with van der Waals surface area (Å²) in [6.07, 6.45) is 11.6. The number of hydrogen-bond acceptors (Lipinski definition) is 2. The van der Waals surface area contributed by atoms with Crippen LogP contribution in [0.5, 0.6) is 0 Å². The van der Waals surface area contributed by atoms with E-state index in [1.807, 2.05) is 0 Å². The lowest BCUT2D eigenvalue weighted by Crippen LogP contribution is -2.44. The predicted octanol–water partition coefficient (Wildman–Crippen LogP) is 1.60. The van der Waals surface area contributed by atoms with Gasteiger partial charge >= 0.3 is 0 Å². The molecule has 2 aliphatic carbocycles. The summed E-state index contributed by atoms with van der Waals surface area (Å²) in [7, 11) is 1.73. The van der Waals surface area contributed by atoms with Gasteiger partial charge in [-0.15, -0.1) is 0 Å². The van der Waals surface area contributed by atoms with Crippen molar-refractivity contribution >= 4 is 5.91 Å². The van der Waals surface area contributed by atoms with Gasteiger partial charge in [0, 0.05) is 19.1 Å². The molecule has 0 spiro atoms. The Kier molecular flexibility index (Phi) is 3.99. The largest absolute Gasteiger partial charge is 0.359 e. The van der Waals surface area contributed by atoms with Gasteiger partial charge in [0.25, 0.3) is 0 Å². The van der Waals surface area contributed by atoms with Gasteiger partial charge in [-0.2, -0.15) is 0 Å². The minimum atomic E-state index is 0.181. The van der Waals surface area contributed by atoms with Gasteiger partial charge in [0.1, 0.15) is 0 Å². The standard InChI is InChI=1S/C13H22N2O/c1-14-13(16)11-8-5-9-12(11)15-10-6-3-2-4-7-10/h3,6,10-12,15H,2,4-5,7-9H2,1H3,(H,14,16)/t10-,11+,12-/m0/s1. The molecule has 0 bridgehead atoms. The Balaban J connectivity index is 1.90. The summed E-state index contributed by atoms with van der Waals surface area (Å²) < 4.78 is 0. The maximum absolute atomic E-state index is 11.7. The lowest BCUT2D eigenvalue weighted by molar-refractivity contribution is -0.124. The Morgan fingerprint density at radius 1 is 1.25 bits per heavy atom. The van der Waals surface area contributed by atoms with Crippen molar-refractivity contribution in [1.29, 1.82) is 0 Å². The molecule has 2 aliphatic rings. The number of allylic oxidation sites excluding steroid dienone is 1. The van der Waals surface area contributed by atoms with Crippen LogP contribution < -0.4 is 10.6 Å². The maximum atomic E-state index is 11.7. The molecule has 2 N–H and O–H groups in total. The molecule has 1 amide bonds. The highest BCUT2D eigenvalue weighted by molar-refractivity contribution is 5.79. The van der Waals surface area contributed by atoms with Crippen LogP contribution in [0.25, 0.3) is 0 Å². The zero-order valence-electron chi connectivity index (χ0n) is 10.0. The van der Waals surface area contributed by atoms with Gasteiger partial charge in [0.05, 0.1) is 5.92 Å². The second-order valence-electron chi connectivity index (χ2n) is 4.89. The smallest absolute Gasteiger partial charge is 0.224 e. The summed E-state index contributed by atoms with van der Waals surface area (Å²) in [5.74, 6) is 0.384. The molecule has 0 aromatic heterocycles. The second-order valence-corrected chi connectivity index (χ2v) is 4.89. The Morgan fingerprint density at radius 3 is 2.81 bits per heavy atom. The topological polar surface area (TPSA) is 41.1 Å². The number of amides is 1. The van der Waals surface area contributed by atoms with E-state index in [1.54, 1.807) is 7.05 Å². The van der Waals surface area contributed by atoms with Crippen LogP contribution in [0.4, 0.5) is 0 Å². The highest BCUT2D eigenvalue weighted by Crippen LogP contribution is 2.27. The van der Waals surface area contributed by atoms with E-state index < -0.39 is 0 Å². The third-order valence-electron chi connectivity index (χ3n) is 3.78. The SMILES string of the molecule is CNC(=O)[C@@H]1CCC[C@@H]1N[C@H]1C=CCCC1. The lowest BCUT2D eigenvalue weighted by atomic mass is 9.98. The molecular formula is C13H22N2O. The normalized spacial score (nSPS) is 33.9. The average molecular weight is 222 g/mol. The molecule has 0 radical (unpaired) electrons.